The highest BCUT2D eigenvalue weighted by Gasteiger charge is 2.09. The van der Waals surface area contributed by atoms with Crippen LogP contribution < -0.4 is 5.32 Å². The molecule has 0 aliphatic carbocycles. The van der Waals surface area contributed by atoms with Crippen LogP contribution in [0.1, 0.15) is 6.92 Å². The normalized spacial score (nSPS) is 10.6. The van der Waals surface area contributed by atoms with E-state index >= 15 is 0 Å². The van der Waals surface area contributed by atoms with Crippen LogP contribution >= 0.6 is 34.9 Å². The molecule has 1 amide bonds. The third-order valence-corrected chi connectivity index (χ3v) is 5.26. The van der Waals surface area contributed by atoms with Gasteiger partial charge in [0.15, 0.2) is 20.3 Å². The number of aromatic nitrogens is 2. The third-order valence-electron chi connectivity index (χ3n) is 2.19. The monoisotopic (exact) mass is 347 g/mol. The molecule has 1 N–H and O–H groups in total. The number of thioether (sulfide) groups is 2. The topological polar surface area (TPSA) is 54.9 Å². The Kier molecular flexibility index (Phi) is 5.95. The summed E-state index contributed by atoms with van der Waals surface area (Å²) in [6.45, 7) is 2.02. The van der Waals surface area contributed by atoms with Crippen LogP contribution in [0.3, 0.4) is 0 Å². The lowest BCUT2D eigenvalue weighted by Gasteiger charge is -2.04. The fourth-order valence-electron chi connectivity index (χ4n) is 1.34. The highest BCUT2D eigenvalue weighted by Crippen LogP contribution is 2.28. The number of carbonyl (C=O) groups excluding carboxylic acids is 1. The van der Waals surface area contributed by atoms with Crippen LogP contribution in [0.2, 0.25) is 0 Å². The SMILES string of the molecule is CCSc1nnc(SCC(=O)Nc2ccc(F)c(F)c2)s1. The van der Waals surface area contributed by atoms with Crippen LogP contribution in [0, 0.1) is 11.6 Å². The van der Waals surface area contributed by atoms with E-state index < -0.39 is 11.6 Å². The van der Waals surface area contributed by atoms with Gasteiger partial charge in [-0.2, -0.15) is 0 Å². The van der Waals surface area contributed by atoms with Gasteiger partial charge in [0, 0.05) is 11.8 Å². The van der Waals surface area contributed by atoms with Crippen molar-refractivity contribution in [3.63, 3.8) is 0 Å². The van der Waals surface area contributed by atoms with Crippen molar-refractivity contribution in [2.45, 2.75) is 15.6 Å². The van der Waals surface area contributed by atoms with E-state index in [1.54, 1.807) is 11.8 Å². The molecule has 1 aromatic carbocycles. The standard InChI is InChI=1S/C12H11F2N3OS3/c1-2-19-11-16-17-12(21-11)20-6-10(18)15-7-3-4-8(13)9(14)5-7/h3-5H,2,6H2,1H3,(H,15,18). The second-order valence-electron chi connectivity index (χ2n) is 3.73. The first-order chi connectivity index (χ1) is 10.1. The molecule has 1 heterocycles. The highest BCUT2D eigenvalue weighted by molar-refractivity contribution is 8.03. The molecule has 1 aromatic heterocycles. The van der Waals surface area contributed by atoms with E-state index in [2.05, 4.69) is 15.5 Å². The summed E-state index contributed by atoms with van der Waals surface area (Å²) in [7, 11) is 0. The zero-order valence-electron chi connectivity index (χ0n) is 10.9. The zero-order chi connectivity index (χ0) is 15.2. The first kappa shape index (κ1) is 16.2. The molecule has 2 aromatic rings. The number of anilines is 1. The number of nitrogens with one attached hydrogen (secondary N) is 1. The summed E-state index contributed by atoms with van der Waals surface area (Å²) in [5.74, 6) is -1.21. The Morgan fingerprint density at radius 1 is 1.24 bits per heavy atom. The molecule has 0 saturated heterocycles. The van der Waals surface area contributed by atoms with Crippen LogP contribution in [-0.2, 0) is 4.79 Å². The molecule has 112 valence electrons. The van der Waals surface area contributed by atoms with Gasteiger partial charge in [0.25, 0.3) is 0 Å². The summed E-state index contributed by atoms with van der Waals surface area (Å²) in [5, 5.41) is 10.4. The minimum absolute atomic E-state index is 0.129. The molecule has 9 heteroatoms. The Bertz CT molecular complexity index is 636. The van der Waals surface area contributed by atoms with Crippen LogP contribution in [-0.4, -0.2) is 27.6 Å². The smallest absolute Gasteiger partial charge is 0.234 e. The Balaban J connectivity index is 1.85. The van der Waals surface area contributed by atoms with E-state index in [9.17, 15) is 13.6 Å². The van der Waals surface area contributed by atoms with Crippen molar-refractivity contribution >= 4 is 46.5 Å². The van der Waals surface area contributed by atoms with Crippen molar-refractivity contribution in [1.29, 1.82) is 0 Å². The quantitative estimate of drug-likeness (QED) is 0.808. The minimum atomic E-state index is -0.995. The average Bonchev–Trinajstić information content (AvgIpc) is 2.89. The maximum atomic E-state index is 13.0. The largest absolute Gasteiger partial charge is 0.325 e. The predicted molar refractivity (Wildman–Crippen MR) is 82.0 cm³/mol. The molecule has 0 aliphatic heterocycles. The van der Waals surface area contributed by atoms with E-state index in [0.29, 0.717) is 4.34 Å². The summed E-state index contributed by atoms with van der Waals surface area (Å²) in [5.41, 5.74) is 0.221. The van der Waals surface area contributed by atoms with Crippen molar-refractivity contribution in [3.8, 4) is 0 Å². The van der Waals surface area contributed by atoms with Crippen LogP contribution in [0.5, 0.6) is 0 Å². The fraction of sp³-hybridized carbons (Fsp3) is 0.250. The number of benzene rings is 1. The number of carbonyl (C=O) groups is 1. The number of hydrogen-bond donors (Lipinski definition) is 1. The molecule has 0 aliphatic rings. The lowest BCUT2D eigenvalue weighted by atomic mass is 10.3. The van der Waals surface area contributed by atoms with E-state index in [-0.39, 0.29) is 17.3 Å². The lowest BCUT2D eigenvalue weighted by Crippen LogP contribution is -2.14. The molecule has 0 radical (unpaired) electrons. The highest BCUT2D eigenvalue weighted by atomic mass is 32.2. The maximum Gasteiger partial charge on any atom is 0.234 e. The van der Waals surface area contributed by atoms with Gasteiger partial charge in [0.2, 0.25) is 5.91 Å². The molecule has 0 unspecified atom stereocenters. The third kappa shape index (κ3) is 4.94. The van der Waals surface area contributed by atoms with Crippen molar-refractivity contribution in [1.82, 2.24) is 10.2 Å². The van der Waals surface area contributed by atoms with E-state index in [1.807, 2.05) is 6.92 Å². The number of nitrogens with zero attached hydrogens (tertiary/aromatic N) is 2. The van der Waals surface area contributed by atoms with Gasteiger partial charge in [-0.1, -0.05) is 41.8 Å². The predicted octanol–water partition coefficient (Wildman–Crippen LogP) is 3.66. The van der Waals surface area contributed by atoms with Gasteiger partial charge >= 0.3 is 0 Å². The van der Waals surface area contributed by atoms with E-state index in [0.717, 1.165) is 22.2 Å². The molecule has 0 saturated carbocycles. The van der Waals surface area contributed by atoms with Gasteiger partial charge in [0.05, 0.1) is 5.75 Å². The number of hydrogen-bond acceptors (Lipinski definition) is 6. The number of rotatable bonds is 6. The Morgan fingerprint density at radius 3 is 2.62 bits per heavy atom. The van der Waals surface area contributed by atoms with Crippen molar-refractivity contribution in [3.05, 3.63) is 29.8 Å². The van der Waals surface area contributed by atoms with Gasteiger partial charge < -0.3 is 5.32 Å². The summed E-state index contributed by atoms with van der Waals surface area (Å²) < 4.78 is 27.3. The first-order valence-electron chi connectivity index (χ1n) is 5.92. The van der Waals surface area contributed by atoms with Gasteiger partial charge in [-0.05, 0) is 17.9 Å². The van der Waals surface area contributed by atoms with Gasteiger partial charge in [-0.15, -0.1) is 10.2 Å². The van der Waals surface area contributed by atoms with Gasteiger partial charge in [-0.25, -0.2) is 8.78 Å². The second kappa shape index (κ2) is 7.71. The Morgan fingerprint density at radius 2 is 1.95 bits per heavy atom. The van der Waals surface area contributed by atoms with Crippen LogP contribution in [0.25, 0.3) is 0 Å². The zero-order valence-corrected chi connectivity index (χ0v) is 13.4. The number of halogens is 2. The summed E-state index contributed by atoms with van der Waals surface area (Å²) in [4.78, 5) is 11.7. The molecule has 0 bridgehead atoms. The summed E-state index contributed by atoms with van der Waals surface area (Å²) in [6, 6.07) is 3.22. The average molecular weight is 347 g/mol. The number of amides is 1. The van der Waals surface area contributed by atoms with Gasteiger partial charge in [-0.3, -0.25) is 4.79 Å². The molecule has 21 heavy (non-hydrogen) atoms. The molecule has 4 nitrogen and oxygen atoms in total. The molecule has 0 spiro atoms. The molecular weight excluding hydrogens is 336 g/mol. The van der Waals surface area contributed by atoms with E-state index in [1.165, 1.54) is 29.2 Å². The van der Waals surface area contributed by atoms with Crippen molar-refractivity contribution in [2.75, 3.05) is 16.8 Å². The Labute approximate surface area is 132 Å². The fourth-order valence-corrected chi connectivity index (χ4v) is 4.05. The molecule has 2 rings (SSSR count). The summed E-state index contributed by atoms with van der Waals surface area (Å²) in [6.07, 6.45) is 0. The van der Waals surface area contributed by atoms with Crippen LogP contribution in [0.4, 0.5) is 14.5 Å². The second-order valence-corrected chi connectivity index (χ2v) is 7.44. The van der Waals surface area contributed by atoms with Crippen molar-refractivity contribution < 1.29 is 13.6 Å². The van der Waals surface area contributed by atoms with Crippen LogP contribution in [0.15, 0.2) is 26.9 Å². The molecular formula is C12H11F2N3OS3. The maximum absolute atomic E-state index is 13.0. The molecule has 0 atom stereocenters. The van der Waals surface area contributed by atoms with Crippen molar-refractivity contribution in [2.24, 2.45) is 0 Å². The lowest BCUT2D eigenvalue weighted by molar-refractivity contribution is -0.113. The summed E-state index contributed by atoms with van der Waals surface area (Å²) >= 11 is 4.27. The van der Waals surface area contributed by atoms with Gasteiger partial charge in [0.1, 0.15) is 0 Å². The first-order valence-corrected chi connectivity index (χ1v) is 8.71. The molecule has 0 fully saturated rings. The Hall–Kier alpha value is -1.19. The van der Waals surface area contributed by atoms with E-state index in [4.69, 9.17) is 0 Å². The minimum Gasteiger partial charge on any atom is -0.325 e.